The number of imidazole rings is 1. The number of amides is 1. The maximum atomic E-state index is 13.9. The highest BCUT2D eigenvalue weighted by molar-refractivity contribution is 6.01. The van der Waals surface area contributed by atoms with Gasteiger partial charge in [0.2, 0.25) is 0 Å². The fourth-order valence-electron chi connectivity index (χ4n) is 4.90. The monoisotopic (exact) mass is 518 g/mol. The van der Waals surface area contributed by atoms with Crippen molar-refractivity contribution < 1.29 is 22.4 Å². The average molecular weight is 519 g/mol. The summed E-state index contributed by atoms with van der Waals surface area (Å²) in [5.74, 6) is -0.844. The number of anilines is 2. The Balaban J connectivity index is 1.42. The molecule has 1 aromatic carbocycles. The Morgan fingerprint density at radius 1 is 1.16 bits per heavy atom. The number of primary amides is 1. The van der Waals surface area contributed by atoms with Crippen molar-refractivity contribution in [2.45, 2.75) is 43.9 Å². The Labute approximate surface area is 209 Å². The van der Waals surface area contributed by atoms with Crippen LogP contribution in [0.2, 0.25) is 0 Å². The van der Waals surface area contributed by atoms with E-state index in [-0.39, 0.29) is 28.9 Å². The van der Waals surface area contributed by atoms with E-state index in [1.165, 1.54) is 12.4 Å². The lowest BCUT2D eigenvalue weighted by Crippen LogP contribution is -2.45. The number of piperidine rings is 1. The van der Waals surface area contributed by atoms with Crippen LogP contribution in [-0.2, 0) is 12.7 Å². The molecule has 0 unspecified atom stereocenters. The number of rotatable bonds is 6. The number of carbonyl (C=O) groups excluding carboxylic acids is 1. The molecule has 0 saturated carbocycles. The molecule has 3 aromatic rings. The second-order valence-electron chi connectivity index (χ2n) is 9.35. The Kier molecular flexibility index (Phi) is 6.48. The van der Waals surface area contributed by atoms with Crippen molar-refractivity contribution >= 4 is 17.5 Å². The van der Waals surface area contributed by atoms with Crippen LogP contribution in [-0.4, -0.2) is 51.1 Å². The summed E-state index contributed by atoms with van der Waals surface area (Å²) in [5, 5.41) is 3.34. The van der Waals surface area contributed by atoms with Crippen LogP contribution in [0.25, 0.3) is 11.3 Å². The summed E-state index contributed by atoms with van der Waals surface area (Å²) < 4.78 is 55.7. The summed E-state index contributed by atoms with van der Waals surface area (Å²) in [6, 6.07) is 3.20. The van der Waals surface area contributed by atoms with Gasteiger partial charge in [0, 0.05) is 43.4 Å². The molecule has 4 heterocycles. The van der Waals surface area contributed by atoms with Crippen LogP contribution in [0, 0.1) is 5.82 Å². The predicted octanol–water partition coefficient (Wildman–Crippen LogP) is 2.93. The maximum Gasteiger partial charge on any atom is 0.419 e. The molecule has 13 heteroatoms. The number of alkyl halides is 3. The number of nitrogen functional groups attached to an aromatic ring is 1. The standard InChI is InChI=1S/C24H26F4N8O/c25-17-2-1-14(9-16(17)24(26,27)28)18-11-36(10-15-3-6-31-15)22(34-18)13-4-7-35(8-5-13)23-19(21(30)37)20(29)32-12-33-23/h1-2,9,11-13,15,31H,3-8,10H2,(H2,30,37)(H2,29,32,33)/t15-/m0/s1. The first-order valence-electron chi connectivity index (χ1n) is 11.9. The molecule has 1 amide bonds. The number of benzene rings is 1. The molecule has 9 nitrogen and oxygen atoms in total. The van der Waals surface area contributed by atoms with E-state index < -0.39 is 23.5 Å². The van der Waals surface area contributed by atoms with Crippen molar-refractivity contribution in [2.24, 2.45) is 5.73 Å². The molecule has 0 aliphatic carbocycles. The molecule has 1 atom stereocenters. The second-order valence-corrected chi connectivity index (χ2v) is 9.35. The smallest absolute Gasteiger partial charge is 0.383 e. The SMILES string of the molecule is NC(=O)c1c(N)ncnc1N1CCC(c2nc(-c3ccc(F)c(C(F)(F)F)c3)cn2C[C@@H]2CCN2)CC1. The van der Waals surface area contributed by atoms with Crippen molar-refractivity contribution in [2.75, 3.05) is 30.3 Å². The van der Waals surface area contributed by atoms with E-state index in [0.29, 0.717) is 44.0 Å². The summed E-state index contributed by atoms with van der Waals surface area (Å²) in [6.07, 6.45) is 0.534. The molecule has 5 N–H and O–H groups in total. The molecular formula is C24H26F4N8O. The maximum absolute atomic E-state index is 13.9. The number of nitrogens with zero attached hydrogens (tertiary/aromatic N) is 5. The largest absolute Gasteiger partial charge is 0.419 e. The number of carbonyl (C=O) groups is 1. The van der Waals surface area contributed by atoms with Gasteiger partial charge in [-0.3, -0.25) is 4.79 Å². The van der Waals surface area contributed by atoms with Gasteiger partial charge in [0.25, 0.3) is 5.91 Å². The quantitative estimate of drug-likeness (QED) is 0.428. The number of nitrogens with two attached hydrogens (primary N) is 2. The first-order valence-corrected chi connectivity index (χ1v) is 11.9. The van der Waals surface area contributed by atoms with Gasteiger partial charge in [0.15, 0.2) is 0 Å². The first-order chi connectivity index (χ1) is 17.6. The van der Waals surface area contributed by atoms with Gasteiger partial charge in [-0.05, 0) is 44.0 Å². The number of aromatic nitrogens is 4. The number of nitrogens with one attached hydrogen (secondary N) is 1. The third kappa shape index (κ3) is 4.95. The fourth-order valence-corrected chi connectivity index (χ4v) is 4.90. The summed E-state index contributed by atoms with van der Waals surface area (Å²) in [5.41, 5.74) is 10.7. The molecule has 2 aromatic heterocycles. The van der Waals surface area contributed by atoms with E-state index in [2.05, 4.69) is 15.3 Å². The Hall–Kier alpha value is -3.74. The first kappa shape index (κ1) is 24.9. The molecule has 2 fully saturated rings. The third-order valence-corrected chi connectivity index (χ3v) is 6.98. The minimum atomic E-state index is -4.80. The molecule has 5 rings (SSSR count). The van der Waals surface area contributed by atoms with Crippen LogP contribution < -0.4 is 21.7 Å². The van der Waals surface area contributed by atoms with Crippen molar-refractivity contribution in [3.8, 4) is 11.3 Å². The molecule has 2 aliphatic rings. The number of hydrogen-bond donors (Lipinski definition) is 3. The Morgan fingerprint density at radius 2 is 1.89 bits per heavy atom. The molecule has 2 aliphatic heterocycles. The highest BCUT2D eigenvalue weighted by Crippen LogP contribution is 2.36. The summed E-state index contributed by atoms with van der Waals surface area (Å²) in [7, 11) is 0. The lowest BCUT2D eigenvalue weighted by molar-refractivity contribution is -0.139. The van der Waals surface area contributed by atoms with Crippen LogP contribution >= 0.6 is 0 Å². The summed E-state index contributed by atoms with van der Waals surface area (Å²) in [4.78, 5) is 26.6. The van der Waals surface area contributed by atoms with E-state index in [1.54, 1.807) is 6.20 Å². The van der Waals surface area contributed by atoms with Gasteiger partial charge in [-0.1, -0.05) is 0 Å². The number of halogens is 4. The fraction of sp³-hybridized carbons (Fsp3) is 0.417. The van der Waals surface area contributed by atoms with E-state index in [1.807, 2.05) is 9.47 Å². The summed E-state index contributed by atoms with van der Waals surface area (Å²) in [6.45, 7) is 2.63. The van der Waals surface area contributed by atoms with Crippen molar-refractivity contribution in [1.29, 1.82) is 0 Å². The number of hydrogen-bond acceptors (Lipinski definition) is 7. The van der Waals surface area contributed by atoms with Gasteiger partial charge in [-0.25, -0.2) is 19.3 Å². The van der Waals surface area contributed by atoms with Crippen LogP contribution in [0.3, 0.4) is 0 Å². The van der Waals surface area contributed by atoms with Gasteiger partial charge in [0.1, 0.15) is 35.2 Å². The van der Waals surface area contributed by atoms with Crippen molar-refractivity contribution in [1.82, 2.24) is 24.8 Å². The topological polar surface area (TPSA) is 128 Å². The molecular weight excluding hydrogens is 492 g/mol. The van der Waals surface area contributed by atoms with Crippen LogP contribution in [0.4, 0.5) is 29.2 Å². The third-order valence-electron chi connectivity index (χ3n) is 6.98. The highest BCUT2D eigenvalue weighted by atomic mass is 19.4. The average Bonchev–Trinajstić information content (AvgIpc) is 3.24. The van der Waals surface area contributed by atoms with Crippen LogP contribution in [0.1, 0.15) is 46.9 Å². The lowest BCUT2D eigenvalue weighted by atomic mass is 9.95. The molecule has 2 saturated heterocycles. The molecule has 0 radical (unpaired) electrons. The van der Waals surface area contributed by atoms with Crippen molar-refractivity contribution in [3.63, 3.8) is 0 Å². The minimum absolute atomic E-state index is 0.0174. The highest BCUT2D eigenvalue weighted by Gasteiger charge is 2.35. The van der Waals surface area contributed by atoms with Gasteiger partial charge < -0.3 is 26.3 Å². The normalized spacial score (nSPS) is 18.6. The molecule has 0 spiro atoms. The molecule has 37 heavy (non-hydrogen) atoms. The lowest BCUT2D eigenvalue weighted by Gasteiger charge is -2.34. The van der Waals surface area contributed by atoms with Gasteiger partial charge in [-0.2, -0.15) is 13.2 Å². The van der Waals surface area contributed by atoms with Gasteiger partial charge in [-0.15, -0.1) is 0 Å². The van der Waals surface area contributed by atoms with Crippen molar-refractivity contribution in [3.05, 3.63) is 53.5 Å². The summed E-state index contributed by atoms with van der Waals surface area (Å²) >= 11 is 0. The van der Waals surface area contributed by atoms with E-state index in [0.717, 1.165) is 30.9 Å². The molecule has 0 bridgehead atoms. The predicted molar refractivity (Wildman–Crippen MR) is 128 cm³/mol. The van der Waals surface area contributed by atoms with Gasteiger partial charge >= 0.3 is 6.18 Å². The zero-order chi connectivity index (χ0) is 26.3. The van der Waals surface area contributed by atoms with Crippen LogP contribution in [0.15, 0.2) is 30.7 Å². The van der Waals surface area contributed by atoms with E-state index in [9.17, 15) is 22.4 Å². The van der Waals surface area contributed by atoms with Crippen LogP contribution in [0.5, 0.6) is 0 Å². The molecule has 196 valence electrons. The Morgan fingerprint density at radius 3 is 2.51 bits per heavy atom. The second kappa shape index (κ2) is 9.61. The minimum Gasteiger partial charge on any atom is -0.383 e. The van der Waals surface area contributed by atoms with Gasteiger partial charge in [0.05, 0.1) is 11.3 Å². The van der Waals surface area contributed by atoms with E-state index >= 15 is 0 Å². The van der Waals surface area contributed by atoms with E-state index in [4.69, 9.17) is 16.5 Å². The Bertz CT molecular complexity index is 1310. The zero-order valence-corrected chi connectivity index (χ0v) is 19.8. The zero-order valence-electron chi connectivity index (χ0n) is 19.8.